The molecular weight excluding hydrogens is 212 g/mol. The molecule has 17 heavy (non-hydrogen) atoms. The monoisotopic (exact) mass is 242 g/mol. The van der Waals surface area contributed by atoms with Crippen LogP contribution in [0.15, 0.2) is 0 Å². The fourth-order valence-corrected chi connectivity index (χ4v) is 2.75. The second-order valence-corrected chi connectivity index (χ2v) is 5.70. The van der Waals surface area contributed by atoms with Crippen molar-refractivity contribution in [3.8, 4) is 0 Å². The Balaban J connectivity index is 2.30. The molecule has 1 aliphatic rings. The van der Waals surface area contributed by atoms with Crippen LogP contribution in [0.25, 0.3) is 0 Å². The molecule has 0 unspecified atom stereocenters. The highest BCUT2D eigenvalue weighted by Gasteiger charge is 2.22. The molecule has 0 saturated heterocycles. The maximum atomic E-state index is 5.74. The largest absolute Gasteiger partial charge is 0.383 e. The molecule has 0 amide bonds. The highest BCUT2D eigenvalue weighted by atomic mass is 16.5. The van der Waals surface area contributed by atoms with Crippen molar-refractivity contribution < 1.29 is 4.74 Å². The molecule has 0 aromatic heterocycles. The SMILES string of the molecule is COCCN(CC1CCC(CN)CC1)C(C)C. The van der Waals surface area contributed by atoms with Gasteiger partial charge in [-0.1, -0.05) is 0 Å². The van der Waals surface area contributed by atoms with Crippen LogP contribution in [0.4, 0.5) is 0 Å². The molecule has 0 heterocycles. The Morgan fingerprint density at radius 2 is 1.76 bits per heavy atom. The zero-order valence-corrected chi connectivity index (χ0v) is 11.8. The predicted molar refractivity (Wildman–Crippen MR) is 73.1 cm³/mol. The van der Waals surface area contributed by atoms with E-state index in [0.717, 1.165) is 31.5 Å². The summed E-state index contributed by atoms with van der Waals surface area (Å²) in [6.45, 7) is 8.58. The van der Waals surface area contributed by atoms with Crippen molar-refractivity contribution in [2.75, 3.05) is 33.4 Å². The Labute approximate surface area is 107 Å². The molecule has 2 N–H and O–H groups in total. The molecule has 1 fully saturated rings. The number of hydrogen-bond donors (Lipinski definition) is 1. The lowest BCUT2D eigenvalue weighted by atomic mass is 9.81. The van der Waals surface area contributed by atoms with E-state index in [0.29, 0.717) is 6.04 Å². The van der Waals surface area contributed by atoms with Crippen molar-refractivity contribution >= 4 is 0 Å². The number of hydrogen-bond acceptors (Lipinski definition) is 3. The van der Waals surface area contributed by atoms with Gasteiger partial charge in [-0.3, -0.25) is 4.90 Å². The van der Waals surface area contributed by atoms with E-state index in [4.69, 9.17) is 10.5 Å². The van der Waals surface area contributed by atoms with Crippen LogP contribution in [0.5, 0.6) is 0 Å². The van der Waals surface area contributed by atoms with Gasteiger partial charge in [0.05, 0.1) is 6.61 Å². The fourth-order valence-electron chi connectivity index (χ4n) is 2.75. The van der Waals surface area contributed by atoms with Gasteiger partial charge in [0.15, 0.2) is 0 Å². The van der Waals surface area contributed by atoms with Gasteiger partial charge in [-0.25, -0.2) is 0 Å². The molecule has 0 atom stereocenters. The Kier molecular flexibility index (Phi) is 7.09. The molecule has 0 aromatic carbocycles. The number of rotatable bonds is 7. The first kappa shape index (κ1) is 14.9. The van der Waals surface area contributed by atoms with Crippen LogP contribution >= 0.6 is 0 Å². The minimum atomic E-state index is 0.623. The fraction of sp³-hybridized carbons (Fsp3) is 1.00. The zero-order valence-electron chi connectivity index (χ0n) is 11.8. The van der Waals surface area contributed by atoms with E-state index in [9.17, 15) is 0 Å². The number of ether oxygens (including phenoxy) is 1. The molecule has 0 aliphatic heterocycles. The summed E-state index contributed by atoms with van der Waals surface area (Å²) >= 11 is 0. The summed E-state index contributed by atoms with van der Waals surface area (Å²) < 4.78 is 5.19. The summed E-state index contributed by atoms with van der Waals surface area (Å²) in [5.74, 6) is 1.66. The minimum Gasteiger partial charge on any atom is -0.383 e. The summed E-state index contributed by atoms with van der Waals surface area (Å²) in [5, 5.41) is 0. The maximum Gasteiger partial charge on any atom is 0.0589 e. The van der Waals surface area contributed by atoms with Crippen molar-refractivity contribution in [2.45, 2.75) is 45.6 Å². The molecule has 0 spiro atoms. The van der Waals surface area contributed by atoms with Gasteiger partial charge in [0.2, 0.25) is 0 Å². The third-order valence-corrected chi connectivity index (χ3v) is 4.11. The second-order valence-electron chi connectivity index (χ2n) is 5.70. The Hall–Kier alpha value is -0.120. The predicted octanol–water partition coefficient (Wildman–Crippen LogP) is 2.11. The first-order chi connectivity index (χ1) is 8.17. The van der Waals surface area contributed by atoms with Gasteiger partial charge >= 0.3 is 0 Å². The third-order valence-electron chi connectivity index (χ3n) is 4.11. The standard InChI is InChI=1S/C14H30N2O/c1-12(2)16(8-9-17-3)11-14-6-4-13(10-15)5-7-14/h12-14H,4-11,15H2,1-3H3. The third kappa shape index (κ3) is 5.36. The summed E-state index contributed by atoms with van der Waals surface area (Å²) in [5.41, 5.74) is 5.74. The summed E-state index contributed by atoms with van der Waals surface area (Å²) in [6.07, 6.45) is 5.38. The lowest BCUT2D eigenvalue weighted by molar-refractivity contribution is 0.104. The van der Waals surface area contributed by atoms with Crippen molar-refractivity contribution in [1.29, 1.82) is 0 Å². The van der Waals surface area contributed by atoms with Crippen LogP contribution in [0, 0.1) is 11.8 Å². The van der Waals surface area contributed by atoms with Gasteiger partial charge in [0, 0.05) is 26.2 Å². The van der Waals surface area contributed by atoms with E-state index in [1.54, 1.807) is 7.11 Å². The van der Waals surface area contributed by atoms with Crippen molar-refractivity contribution in [3.05, 3.63) is 0 Å². The lowest BCUT2D eigenvalue weighted by Gasteiger charge is -2.34. The Bertz CT molecular complexity index is 189. The second kappa shape index (κ2) is 8.06. The summed E-state index contributed by atoms with van der Waals surface area (Å²) in [7, 11) is 1.78. The van der Waals surface area contributed by atoms with Crippen LogP contribution in [-0.4, -0.2) is 44.3 Å². The first-order valence-electron chi connectivity index (χ1n) is 7.10. The summed E-state index contributed by atoms with van der Waals surface area (Å²) in [6, 6.07) is 0.623. The van der Waals surface area contributed by atoms with E-state index in [1.807, 2.05) is 0 Å². The topological polar surface area (TPSA) is 38.5 Å². The van der Waals surface area contributed by atoms with Crippen molar-refractivity contribution in [2.24, 2.45) is 17.6 Å². The van der Waals surface area contributed by atoms with Crippen molar-refractivity contribution in [1.82, 2.24) is 4.90 Å². The first-order valence-corrected chi connectivity index (χ1v) is 7.10. The van der Waals surface area contributed by atoms with Crippen LogP contribution in [-0.2, 0) is 4.74 Å². The molecule has 0 radical (unpaired) electrons. The molecular formula is C14H30N2O. The molecule has 1 rings (SSSR count). The van der Waals surface area contributed by atoms with Crippen molar-refractivity contribution in [3.63, 3.8) is 0 Å². The molecule has 1 aliphatic carbocycles. The molecule has 3 heteroatoms. The molecule has 0 bridgehead atoms. The highest BCUT2D eigenvalue weighted by molar-refractivity contribution is 4.76. The van der Waals surface area contributed by atoms with E-state index < -0.39 is 0 Å². The molecule has 1 saturated carbocycles. The maximum absolute atomic E-state index is 5.74. The lowest BCUT2D eigenvalue weighted by Crippen LogP contribution is -2.39. The van der Waals surface area contributed by atoms with Crippen LogP contribution < -0.4 is 5.73 Å². The summed E-state index contributed by atoms with van der Waals surface area (Å²) in [4.78, 5) is 2.55. The Morgan fingerprint density at radius 3 is 2.24 bits per heavy atom. The van der Waals surface area contributed by atoms with Crippen LogP contribution in [0.2, 0.25) is 0 Å². The van der Waals surface area contributed by atoms with Gasteiger partial charge in [-0.05, 0) is 57.9 Å². The van der Waals surface area contributed by atoms with Gasteiger partial charge in [0.25, 0.3) is 0 Å². The average molecular weight is 242 g/mol. The minimum absolute atomic E-state index is 0.623. The molecule has 0 aromatic rings. The number of nitrogens with zero attached hydrogens (tertiary/aromatic N) is 1. The number of methoxy groups -OCH3 is 1. The quantitative estimate of drug-likeness (QED) is 0.743. The highest BCUT2D eigenvalue weighted by Crippen LogP contribution is 2.28. The van der Waals surface area contributed by atoms with Gasteiger partial charge < -0.3 is 10.5 Å². The van der Waals surface area contributed by atoms with Gasteiger partial charge in [-0.15, -0.1) is 0 Å². The smallest absolute Gasteiger partial charge is 0.0589 e. The van der Waals surface area contributed by atoms with E-state index >= 15 is 0 Å². The van der Waals surface area contributed by atoms with E-state index in [2.05, 4.69) is 18.7 Å². The van der Waals surface area contributed by atoms with Gasteiger partial charge in [-0.2, -0.15) is 0 Å². The molecule has 102 valence electrons. The van der Waals surface area contributed by atoms with E-state index in [1.165, 1.54) is 32.2 Å². The van der Waals surface area contributed by atoms with E-state index in [-0.39, 0.29) is 0 Å². The zero-order chi connectivity index (χ0) is 12.7. The van der Waals surface area contributed by atoms with Gasteiger partial charge in [0.1, 0.15) is 0 Å². The average Bonchev–Trinajstić information content (AvgIpc) is 2.35. The normalized spacial score (nSPS) is 25.8. The molecule has 3 nitrogen and oxygen atoms in total. The van der Waals surface area contributed by atoms with Crippen LogP contribution in [0.3, 0.4) is 0 Å². The van der Waals surface area contributed by atoms with Crippen LogP contribution in [0.1, 0.15) is 39.5 Å². The number of nitrogens with two attached hydrogens (primary N) is 1. The Morgan fingerprint density at radius 1 is 1.18 bits per heavy atom.